The van der Waals surface area contributed by atoms with Gasteiger partial charge in [0.1, 0.15) is 11.4 Å². The largest absolute Gasteiger partial charge is 0.506 e. The molecule has 1 saturated heterocycles. The van der Waals surface area contributed by atoms with Gasteiger partial charge in [0, 0.05) is 6.54 Å². The zero-order chi connectivity index (χ0) is 22.0. The molecule has 1 aliphatic rings. The van der Waals surface area contributed by atoms with Gasteiger partial charge in [0.05, 0.1) is 15.2 Å². The Labute approximate surface area is 192 Å². The molecule has 0 unspecified atom stereocenters. The Kier molecular flexibility index (Phi) is 6.29. The van der Waals surface area contributed by atoms with Crippen LogP contribution in [0, 0.1) is 0 Å². The number of phenols is 1. The van der Waals surface area contributed by atoms with E-state index in [9.17, 15) is 9.90 Å². The number of halogens is 2. The molecule has 31 heavy (non-hydrogen) atoms. The van der Waals surface area contributed by atoms with Gasteiger partial charge in [0.15, 0.2) is 5.69 Å². The number of carbonyl (C=O) groups excluding carboxylic acids is 1. The Hall–Kier alpha value is -2.84. The molecule has 0 radical (unpaired) electrons. The van der Waals surface area contributed by atoms with Crippen molar-refractivity contribution in [2.45, 2.75) is 19.4 Å². The van der Waals surface area contributed by atoms with E-state index >= 15 is 0 Å². The summed E-state index contributed by atoms with van der Waals surface area (Å²) in [4.78, 5) is 15.2. The van der Waals surface area contributed by atoms with Crippen molar-refractivity contribution >= 4 is 49.8 Å². The number of benzene rings is 1. The summed E-state index contributed by atoms with van der Waals surface area (Å²) in [5.74, 6) is -0.425. The number of aromatic hydroxyl groups is 1. The van der Waals surface area contributed by atoms with Crippen LogP contribution < -0.4 is 11.2 Å². The number of nitrogen functional groups attached to an aromatic ring is 1. The van der Waals surface area contributed by atoms with E-state index in [2.05, 4.69) is 72.5 Å². The summed E-state index contributed by atoms with van der Waals surface area (Å²) in [5, 5.41) is 29.2. The van der Waals surface area contributed by atoms with E-state index in [0.717, 1.165) is 25.9 Å². The average molecular weight is 555 g/mol. The molecule has 0 aliphatic carbocycles. The number of amides is 1. The van der Waals surface area contributed by atoms with Crippen molar-refractivity contribution in [2.24, 2.45) is 5.10 Å². The average Bonchev–Trinajstić information content (AvgIpc) is 3.47. The Balaban J connectivity index is 1.59. The van der Waals surface area contributed by atoms with Crippen molar-refractivity contribution in [2.75, 3.05) is 18.8 Å². The minimum absolute atomic E-state index is 0.0195. The summed E-state index contributed by atoms with van der Waals surface area (Å²) >= 11 is 6.50. The SMILES string of the molecule is Nc1nonc1-n1nnc(CN2CCCC2)c1C(=O)N/N=C/c1cc(Br)c(O)c(Br)c1. The highest BCUT2D eigenvalue weighted by Crippen LogP contribution is 2.32. The molecule has 1 aromatic carbocycles. The van der Waals surface area contributed by atoms with Crippen LogP contribution in [0.4, 0.5) is 5.82 Å². The first-order chi connectivity index (χ1) is 14.9. The lowest BCUT2D eigenvalue weighted by molar-refractivity contribution is 0.0945. The summed E-state index contributed by atoms with van der Waals surface area (Å²) in [5.41, 5.74) is 9.49. The van der Waals surface area contributed by atoms with E-state index in [-0.39, 0.29) is 23.1 Å². The van der Waals surface area contributed by atoms with Crippen molar-refractivity contribution in [3.63, 3.8) is 0 Å². The Morgan fingerprint density at radius 1 is 1.29 bits per heavy atom. The van der Waals surface area contributed by atoms with Gasteiger partial charge in [-0.15, -0.1) is 5.10 Å². The molecule has 3 aromatic rings. The lowest BCUT2D eigenvalue weighted by Crippen LogP contribution is -2.26. The van der Waals surface area contributed by atoms with Gasteiger partial charge in [-0.05, 0) is 85.8 Å². The normalized spacial score (nSPS) is 14.5. The topological polar surface area (TPSA) is 161 Å². The second-order valence-corrected chi connectivity index (χ2v) is 8.49. The molecule has 0 saturated carbocycles. The second-order valence-electron chi connectivity index (χ2n) is 6.79. The number of hydrogen-bond donors (Lipinski definition) is 3. The number of anilines is 1. The van der Waals surface area contributed by atoms with Crippen LogP contribution in [0.1, 0.15) is 34.6 Å². The molecule has 4 N–H and O–H groups in total. The monoisotopic (exact) mass is 553 g/mol. The standard InChI is InChI=1S/C17H17Br2N9O3/c18-10-5-9(6-11(19)14(10)29)7-21-23-17(30)13-12(8-27-3-1-2-4-27)22-26-28(13)16-15(20)24-31-25-16/h5-7,29H,1-4,8H2,(H2,20,24)(H,23,30)/b21-7+. The summed E-state index contributed by atoms with van der Waals surface area (Å²) in [6, 6.07) is 3.31. The van der Waals surface area contributed by atoms with E-state index < -0.39 is 5.91 Å². The van der Waals surface area contributed by atoms with Crippen LogP contribution in [0.2, 0.25) is 0 Å². The van der Waals surface area contributed by atoms with Crippen molar-refractivity contribution in [3.8, 4) is 11.6 Å². The molecule has 0 spiro atoms. The van der Waals surface area contributed by atoms with Crippen LogP contribution in [-0.2, 0) is 6.54 Å². The molecule has 1 amide bonds. The van der Waals surface area contributed by atoms with E-state index in [1.807, 2.05) is 0 Å². The number of hydrogen-bond acceptors (Lipinski definition) is 10. The summed E-state index contributed by atoms with van der Waals surface area (Å²) in [6.45, 7) is 2.30. The van der Waals surface area contributed by atoms with Gasteiger partial charge >= 0.3 is 0 Å². The maximum Gasteiger partial charge on any atom is 0.292 e. The lowest BCUT2D eigenvalue weighted by atomic mass is 10.2. The fourth-order valence-corrected chi connectivity index (χ4v) is 4.39. The molecular formula is C17H17Br2N9O3. The van der Waals surface area contributed by atoms with Crippen molar-refractivity contribution in [1.29, 1.82) is 0 Å². The minimum Gasteiger partial charge on any atom is -0.506 e. The highest BCUT2D eigenvalue weighted by Gasteiger charge is 2.26. The molecule has 14 heteroatoms. The van der Waals surface area contributed by atoms with E-state index in [1.165, 1.54) is 10.9 Å². The predicted molar refractivity (Wildman–Crippen MR) is 117 cm³/mol. The number of nitrogens with one attached hydrogen (secondary N) is 1. The van der Waals surface area contributed by atoms with Crippen molar-refractivity contribution in [1.82, 2.24) is 35.6 Å². The van der Waals surface area contributed by atoms with Gasteiger partial charge in [-0.2, -0.15) is 9.78 Å². The number of carbonyl (C=O) groups is 1. The third-order valence-corrected chi connectivity index (χ3v) is 5.85. The van der Waals surface area contributed by atoms with Gasteiger partial charge < -0.3 is 10.8 Å². The van der Waals surface area contributed by atoms with Gasteiger partial charge in [-0.3, -0.25) is 9.69 Å². The molecule has 4 rings (SSSR count). The Bertz CT molecular complexity index is 1110. The van der Waals surface area contributed by atoms with Crippen LogP contribution >= 0.6 is 31.9 Å². The Morgan fingerprint density at radius 3 is 2.65 bits per heavy atom. The first-order valence-corrected chi connectivity index (χ1v) is 10.8. The lowest BCUT2D eigenvalue weighted by Gasteiger charge is -2.13. The highest BCUT2D eigenvalue weighted by atomic mass is 79.9. The number of hydrazone groups is 1. The number of likely N-dealkylation sites (tertiary alicyclic amines) is 1. The second kappa shape index (κ2) is 9.11. The zero-order valence-corrected chi connectivity index (χ0v) is 19.2. The van der Waals surface area contributed by atoms with Gasteiger partial charge in [0.25, 0.3) is 5.91 Å². The molecule has 1 aliphatic heterocycles. The highest BCUT2D eigenvalue weighted by molar-refractivity contribution is 9.11. The molecule has 162 valence electrons. The summed E-state index contributed by atoms with van der Waals surface area (Å²) < 4.78 is 6.79. The fraction of sp³-hybridized carbons (Fsp3) is 0.294. The predicted octanol–water partition coefficient (Wildman–Crippen LogP) is 1.82. The summed E-state index contributed by atoms with van der Waals surface area (Å²) in [7, 11) is 0. The van der Waals surface area contributed by atoms with Gasteiger partial charge in [0.2, 0.25) is 11.6 Å². The number of nitrogens with zero attached hydrogens (tertiary/aromatic N) is 7. The molecule has 12 nitrogen and oxygen atoms in total. The van der Waals surface area contributed by atoms with Crippen molar-refractivity contribution < 1.29 is 14.5 Å². The number of phenolic OH excluding ortho intramolecular Hbond substituents is 1. The smallest absolute Gasteiger partial charge is 0.292 e. The number of rotatable bonds is 6. The molecule has 3 heterocycles. The maximum atomic E-state index is 13.0. The molecule has 0 atom stereocenters. The number of nitrogens with two attached hydrogens (primary N) is 1. The van der Waals surface area contributed by atoms with Crippen LogP contribution in [0.5, 0.6) is 5.75 Å². The van der Waals surface area contributed by atoms with Crippen molar-refractivity contribution in [3.05, 3.63) is 38.0 Å². The molecule has 0 bridgehead atoms. The number of aromatic nitrogens is 5. The quantitative estimate of drug-likeness (QED) is 0.305. The summed E-state index contributed by atoms with van der Waals surface area (Å²) in [6.07, 6.45) is 3.63. The minimum atomic E-state index is -0.547. The zero-order valence-electron chi connectivity index (χ0n) is 16.0. The van der Waals surface area contributed by atoms with Crippen LogP contribution in [0.25, 0.3) is 5.82 Å². The maximum absolute atomic E-state index is 13.0. The fourth-order valence-electron chi connectivity index (χ4n) is 3.16. The Morgan fingerprint density at radius 2 is 2.00 bits per heavy atom. The van der Waals surface area contributed by atoms with E-state index in [4.69, 9.17) is 5.73 Å². The van der Waals surface area contributed by atoms with Gasteiger partial charge in [-0.25, -0.2) is 10.1 Å². The molecular weight excluding hydrogens is 538 g/mol. The van der Waals surface area contributed by atoms with E-state index in [0.29, 0.717) is 26.7 Å². The van der Waals surface area contributed by atoms with Gasteiger partial charge in [-0.1, -0.05) is 5.21 Å². The van der Waals surface area contributed by atoms with Crippen LogP contribution in [0.15, 0.2) is 30.8 Å². The molecule has 2 aromatic heterocycles. The third-order valence-electron chi connectivity index (χ3n) is 4.64. The van der Waals surface area contributed by atoms with E-state index in [1.54, 1.807) is 12.1 Å². The first kappa shape index (κ1) is 21.4. The molecule has 1 fully saturated rings. The van der Waals surface area contributed by atoms with Crippen LogP contribution in [0.3, 0.4) is 0 Å². The first-order valence-electron chi connectivity index (χ1n) is 9.20. The van der Waals surface area contributed by atoms with Crippen LogP contribution in [-0.4, -0.2) is 60.5 Å². The third kappa shape index (κ3) is 4.60.